The van der Waals surface area contributed by atoms with E-state index in [-0.39, 0.29) is 0 Å². The lowest BCUT2D eigenvalue weighted by atomic mass is 10.2. The van der Waals surface area contributed by atoms with E-state index in [1.54, 1.807) is 23.1 Å². The van der Waals surface area contributed by atoms with Gasteiger partial charge >= 0.3 is 0 Å². The number of methoxy groups -OCH3 is 1. The number of hydrogen-bond acceptors (Lipinski definition) is 8. The zero-order chi connectivity index (χ0) is 20.1. The molecule has 3 aromatic rings. The van der Waals surface area contributed by atoms with Crippen LogP contribution < -0.4 is 9.47 Å². The number of benzene rings is 1. The van der Waals surface area contributed by atoms with Crippen LogP contribution in [0.4, 0.5) is 0 Å². The highest BCUT2D eigenvalue weighted by Gasteiger charge is 2.12. The summed E-state index contributed by atoms with van der Waals surface area (Å²) in [5.74, 6) is 2.05. The summed E-state index contributed by atoms with van der Waals surface area (Å²) in [4.78, 5) is 6.90. The molecule has 0 fully saturated rings. The van der Waals surface area contributed by atoms with E-state index in [4.69, 9.17) is 26.1 Å². The second-order valence-electron chi connectivity index (χ2n) is 6.37. The minimum absolute atomic E-state index is 0.359. The summed E-state index contributed by atoms with van der Waals surface area (Å²) in [5.41, 5.74) is 2.05. The molecule has 0 saturated carbocycles. The van der Waals surface area contributed by atoms with Gasteiger partial charge in [0.2, 0.25) is 5.89 Å². The molecule has 9 heteroatoms. The summed E-state index contributed by atoms with van der Waals surface area (Å²) >= 11 is 6.93. The lowest BCUT2D eigenvalue weighted by molar-refractivity contribution is 0.240. The van der Waals surface area contributed by atoms with Crippen LogP contribution in [0.25, 0.3) is 0 Å². The van der Waals surface area contributed by atoms with Crippen molar-refractivity contribution in [3.05, 3.63) is 50.6 Å². The van der Waals surface area contributed by atoms with Gasteiger partial charge in [-0.3, -0.25) is 4.90 Å². The van der Waals surface area contributed by atoms with E-state index in [1.807, 2.05) is 44.5 Å². The Bertz CT molecular complexity index is 980. The number of thiazole rings is 1. The molecule has 0 aliphatic rings. The van der Waals surface area contributed by atoms with Crippen molar-refractivity contribution in [2.24, 2.45) is 0 Å². The molecule has 0 bridgehead atoms. The Kier molecular flexibility index (Phi) is 6.82. The fourth-order valence-electron chi connectivity index (χ4n) is 2.83. The van der Waals surface area contributed by atoms with E-state index in [2.05, 4.69) is 15.0 Å². The van der Waals surface area contributed by atoms with Crippen molar-refractivity contribution < 1.29 is 13.9 Å². The summed E-state index contributed by atoms with van der Waals surface area (Å²) in [7, 11) is 3.65. The molecular formula is C19H24N4O3S2. The van der Waals surface area contributed by atoms with Gasteiger partial charge in [-0.1, -0.05) is 6.07 Å². The molecule has 0 atom stereocenters. The lowest BCUT2D eigenvalue weighted by Gasteiger charge is -2.17. The Hall–Kier alpha value is -2.23. The average molecular weight is 421 g/mol. The molecule has 1 aromatic carbocycles. The molecule has 2 heterocycles. The minimum atomic E-state index is 0.359. The van der Waals surface area contributed by atoms with Crippen LogP contribution in [0.15, 0.2) is 28.0 Å². The first-order chi connectivity index (χ1) is 13.5. The van der Waals surface area contributed by atoms with Gasteiger partial charge in [0.1, 0.15) is 0 Å². The topological polar surface area (TPSA) is 65.5 Å². The molecule has 7 nitrogen and oxygen atoms in total. The van der Waals surface area contributed by atoms with Crippen molar-refractivity contribution in [1.29, 1.82) is 0 Å². The lowest BCUT2D eigenvalue weighted by Crippen LogP contribution is -2.22. The van der Waals surface area contributed by atoms with Crippen LogP contribution in [0.5, 0.6) is 11.5 Å². The standard InChI is InChI=1S/C19H24N4O3S2/c1-5-25-16-7-6-14(8-17(16)24-4)10-22(3)12-23-19(27)26-18(21-23)9-15-11-28-13(2)20-15/h6-8,11H,5,9-10,12H2,1-4H3. The highest BCUT2D eigenvalue weighted by Crippen LogP contribution is 2.28. The van der Waals surface area contributed by atoms with Gasteiger partial charge in [-0.25, -0.2) is 9.67 Å². The largest absolute Gasteiger partial charge is 0.493 e. The smallest absolute Gasteiger partial charge is 0.288 e. The molecule has 0 spiro atoms. The van der Waals surface area contributed by atoms with Crippen molar-refractivity contribution in [3.63, 3.8) is 0 Å². The first-order valence-electron chi connectivity index (χ1n) is 8.94. The predicted molar refractivity (Wildman–Crippen MR) is 111 cm³/mol. The van der Waals surface area contributed by atoms with Crippen LogP contribution in [0.3, 0.4) is 0 Å². The maximum Gasteiger partial charge on any atom is 0.288 e. The van der Waals surface area contributed by atoms with Gasteiger partial charge in [0.15, 0.2) is 11.5 Å². The Morgan fingerprint density at radius 3 is 2.82 bits per heavy atom. The molecule has 3 rings (SSSR count). The van der Waals surface area contributed by atoms with Gasteiger partial charge < -0.3 is 13.9 Å². The van der Waals surface area contributed by atoms with Gasteiger partial charge in [0.05, 0.1) is 37.5 Å². The third-order valence-corrected chi connectivity index (χ3v) is 5.12. The predicted octanol–water partition coefficient (Wildman–Crippen LogP) is 4.06. The van der Waals surface area contributed by atoms with Gasteiger partial charge in [0, 0.05) is 11.9 Å². The monoisotopic (exact) mass is 420 g/mol. The maximum absolute atomic E-state index is 5.63. The van der Waals surface area contributed by atoms with Gasteiger partial charge in [-0.05, 0) is 50.8 Å². The Morgan fingerprint density at radius 2 is 2.14 bits per heavy atom. The Morgan fingerprint density at radius 1 is 1.32 bits per heavy atom. The van der Waals surface area contributed by atoms with E-state index in [0.29, 0.717) is 37.0 Å². The molecule has 0 unspecified atom stereocenters. The van der Waals surface area contributed by atoms with E-state index < -0.39 is 0 Å². The van der Waals surface area contributed by atoms with Crippen LogP contribution in [0.2, 0.25) is 0 Å². The van der Waals surface area contributed by atoms with Crippen molar-refractivity contribution in [3.8, 4) is 11.5 Å². The van der Waals surface area contributed by atoms with Gasteiger partial charge in [-0.15, -0.1) is 16.4 Å². The van der Waals surface area contributed by atoms with Crippen molar-refractivity contribution in [2.75, 3.05) is 20.8 Å². The third kappa shape index (κ3) is 5.18. The first-order valence-corrected chi connectivity index (χ1v) is 10.2. The number of hydrogen-bond donors (Lipinski definition) is 0. The zero-order valence-corrected chi connectivity index (χ0v) is 18.1. The van der Waals surface area contributed by atoms with Crippen LogP contribution in [-0.4, -0.2) is 40.4 Å². The van der Waals surface area contributed by atoms with Crippen LogP contribution in [0.1, 0.15) is 29.1 Å². The summed E-state index contributed by atoms with van der Waals surface area (Å²) in [5, 5.41) is 7.53. The molecule has 2 aromatic heterocycles. The molecule has 0 radical (unpaired) electrons. The molecule has 0 amide bonds. The quantitative estimate of drug-likeness (QED) is 0.484. The number of ether oxygens (including phenoxy) is 2. The number of aromatic nitrogens is 3. The molecule has 0 aliphatic heterocycles. The third-order valence-electron chi connectivity index (χ3n) is 4.00. The van der Waals surface area contributed by atoms with E-state index in [9.17, 15) is 0 Å². The van der Waals surface area contributed by atoms with E-state index in [0.717, 1.165) is 27.8 Å². The molecular weight excluding hydrogens is 396 g/mol. The van der Waals surface area contributed by atoms with E-state index >= 15 is 0 Å². The summed E-state index contributed by atoms with van der Waals surface area (Å²) in [6, 6.07) is 5.95. The van der Waals surface area contributed by atoms with Crippen LogP contribution in [-0.2, 0) is 19.6 Å². The maximum atomic E-state index is 5.63. The van der Waals surface area contributed by atoms with Gasteiger partial charge in [0.25, 0.3) is 4.84 Å². The first kappa shape index (κ1) is 20.5. The summed E-state index contributed by atoms with van der Waals surface area (Å²) in [6.45, 7) is 5.76. The fourth-order valence-corrected chi connectivity index (χ4v) is 3.64. The van der Waals surface area contributed by atoms with Crippen LogP contribution >= 0.6 is 23.6 Å². The molecule has 150 valence electrons. The van der Waals surface area contributed by atoms with Crippen molar-refractivity contribution in [2.45, 2.75) is 33.5 Å². The molecule has 0 aliphatic carbocycles. The number of rotatable bonds is 9. The number of nitrogens with zero attached hydrogens (tertiary/aromatic N) is 4. The van der Waals surface area contributed by atoms with E-state index in [1.165, 1.54) is 0 Å². The van der Waals surface area contributed by atoms with Crippen molar-refractivity contribution >= 4 is 23.6 Å². The second-order valence-corrected chi connectivity index (χ2v) is 7.78. The highest BCUT2D eigenvalue weighted by atomic mass is 32.1. The van der Waals surface area contributed by atoms with Crippen LogP contribution in [0, 0.1) is 11.8 Å². The zero-order valence-electron chi connectivity index (χ0n) is 16.5. The van der Waals surface area contributed by atoms with Gasteiger partial charge in [-0.2, -0.15) is 0 Å². The Labute approximate surface area is 173 Å². The SMILES string of the molecule is CCOc1ccc(CN(C)Cn2nc(Cc3csc(C)n3)oc2=S)cc1OC. The summed E-state index contributed by atoms with van der Waals surface area (Å²) < 4.78 is 18.3. The number of aryl methyl sites for hydroxylation is 1. The molecule has 0 N–H and O–H groups in total. The minimum Gasteiger partial charge on any atom is -0.493 e. The van der Waals surface area contributed by atoms with Crippen molar-refractivity contribution in [1.82, 2.24) is 19.7 Å². The normalized spacial score (nSPS) is 11.2. The summed E-state index contributed by atoms with van der Waals surface area (Å²) in [6.07, 6.45) is 0.542. The second kappa shape index (κ2) is 9.31. The molecule has 28 heavy (non-hydrogen) atoms. The highest BCUT2D eigenvalue weighted by molar-refractivity contribution is 7.71. The molecule has 0 saturated heterocycles. The average Bonchev–Trinajstić information content (AvgIpc) is 3.21. The Balaban J connectivity index is 1.64. The fraction of sp³-hybridized carbons (Fsp3) is 0.421.